The lowest BCUT2D eigenvalue weighted by molar-refractivity contribution is 0.585. The van der Waals surface area contributed by atoms with E-state index in [0.29, 0.717) is 4.90 Å². The predicted octanol–water partition coefficient (Wildman–Crippen LogP) is 2.59. The van der Waals surface area contributed by atoms with Crippen molar-refractivity contribution >= 4 is 21.6 Å². The maximum atomic E-state index is 11.9. The second-order valence-corrected chi connectivity index (χ2v) is 6.57. The molecule has 0 amide bonds. The fourth-order valence-corrected chi connectivity index (χ4v) is 3.31. The van der Waals surface area contributed by atoms with Crippen LogP contribution in [0.15, 0.2) is 34.1 Å². The molecule has 14 heavy (non-hydrogen) atoms. The zero-order chi connectivity index (χ0) is 10.8. The maximum Gasteiger partial charge on any atom is 0.181 e. The van der Waals surface area contributed by atoms with Crippen molar-refractivity contribution < 1.29 is 8.42 Å². The van der Waals surface area contributed by atoms with Gasteiger partial charge in [-0.05, 0) is 32.2 Å². The van der Waals surface area contributed by atoms with E-state index in [1.807, 2.05) is 18.4 Å². The smallest absolute Gasteiger partial charge is 0.181 e. The molecular weight excluding hydrogens is 216 g/mol. The number of sulfone groups is 1. The molecule has 0 radical (unpaired) electrons. The molecule has 0 heterocycles. The van der Waals surface area contributed by atoms with E-state index in [2.05, 4.69) is 0 Å². The summed E-state index contributed by atoms with van der Waals surface area (Å²) in [6, 6.07) is 7.11. The average Bonchev–Trinajstić information content (AvgIpc) is 2.17. The summed E-state index contributed by atoms with van der Waals surface area (Å²) < 4.78 is 23.8. The maximum absolute atomic E-state index is 11.9. The van der Waals surface area contributed by atoms with E-state index in [-0.39, 0.29) is 5.25 Å². The summed E-state index contributed by atoms with van der Waals surface area (Å²) >= 11 is 1.46. The van der Waals surface area contributed by atoms with Crippen LogP contribution in [0.4, 0.5) is 0 Å². The van der Waals surface area contributed by atoms with Crippen LogP contribution in [0.25, 0.3) is 0 Å². The Labute approximate surface area is 89.6 Å². The zero-order valence-corrected chi connectivity index (χ0v) is 10.2. The van der Waals surface area contributed by atoms with Crippen molar-refractivity contribution in [2.45, 2.75) is 28.9 Å². The molecular formula is C10H14O2S2. The lowest BCUT2D eigenvalue weighted by atomic mass is 10.4. The van der Waals surface area contributed by atoms with Gasteiger partial charge in [-0.15, -0.1) is 11.8 Å². The Hall–Kier alpha value is -0.480. The van der Waals surface area contributed by atoms with Gasteiger partial charge < -0.3 is 0 Å². The van der Waals surface area contributed by atoms with Crippen molar-refractivity contribution in [2.75, 3.05) is 6.26 Å². The third-order valence-corrected chi connectivity index (χ3v) is 5.13. The van der Waals surface area contributed by atoms with E-state index in [1.165, 1.54) is 11.8 Å². The Morgan fingerprint density at radius 1 is 1.21 bits per heavy atom. The first kappa shape index (κ1) is 11.6. The molecule has 0 bridgehead atoms. The van der Waals surface area contributed by atoms with Crippen molar-refractivity contribution in [3.8, 4) is 0 Å². The quantitative estimate of drug-likeness (QED) is 0.748. The molecule has 0 saturated carbocycles. The van der Waals surface area contributed by atoms with Gasteiger partial charge in [0.2, 0.25) is 0 Å². The van der Waals surface area contributed by atoms with Crippen LogP contribution >= 0.6 is 11.8 Å². The molecule has 1 rings (SSSR count). The van der Waals surface area contributed by atoms with Gasteiger partial charge in [-0.2, -0.15) is 0 Å². The third kappa shape index (κ3) is 2.12. The highest BCUT2D eigenvalue weighted by molar-refractivity contribution is 7.99. The van der Waals surface area contributed by atoms with Gasteiger partial charge in [0.15, 0.2) is 9.84 Å². The molecule has 0 unspecified atom stereocenters. The van der Waals surface area contributed by atoms with Crippen LogP contribution in [0.1, 0.15) is 13.8 Å². The first-order valence-corrected chi connectivity index (χ1v) is 7.14. The van der Waals surface area contributed by atoms with Gasteiger partial charge in [0, 0.05) is 4.90 Å². The molecule has 4 heteroatoms. The van der Waals surface area contributed by atoms with Crippen molar-refractivity contribution in [3.63, 3.8) is 0 Å². The van der Waals surface area contributed by atoms with E-state index in [4.69, 9.17) is 0 Å². The van der Waals surface area contributed by atoms with Gasteiger partial charge >= 0.3 is 0 Å². The summed E-state index contributed by atoms with van der Waals surface area (Å²) in [5.41, 5.74) is 0. The minimum Gasteiger partial charge on any atom is -0.223 e. The molecule has 1 aromatic carbocycles. The molecule has 78 valence electrons. The van der Waals surface area contributed by atoms with Crippen LogP contribution in [0.5, 0.6) is 0 Å². The highest BCUT2D eigenvalue weighted by Gasteiger charge is 2.21. The summed E-state index contributed by atoms with van der Waals surface area (Å²) in [4.78, 5) is 1.27. The zero-order valence-electron chi connectivity index (χ0n) is 8.52. The molecule has 0 saturated heterocycles. The average molecular weight is 230 g/mol. The van der Waals surface area contributed by atoms with Crippen LogP contribution < -0.4 is 0 Å². The highest BCUT2D eigenvalue weighted by Crippen LogP contribution is 2.26. The number of benzene rings is 1. The molecule has 0 atom stereocenters. The van der Waals surface area contributed by atoms with E-state index in [0.717, 1.165) is 4.90 Å². The van der Waals surface area contributed by atoms with E-state index < -0.39 is 9.84 Å². The molecule has 0 N–H and O–H groups in total. The number of rotatable bonds is 3. The Morgan fingerprint density at radius 2 is 1.79 bits per heavy atom. The highest BCUT2D eigenvalue weighted by atomic mass is 32.2. The van der Waals surface area contributed by atoms with Gasteiger partial charge in [0.25, 0.3) is 0 Å². The molecule has 0 aliphatic rings. The summed E-state index contributed by atoms with van der Waals surface area (Å²) in [5.74, 6) is 0. The van der Waals surface area contributed by atoms with Crippen molar-refractivity contribution in [1.29, 1.82) is 0 Å². The fraction of sp³-hybridized carbons (Fsp3) is 0.400. The topological polar surface area (TPSA) is 34.1 Å². The van der Waals surface area contributed by atoms with Gasteiger partial charge in [-0.3, -0.25) is 0 Å². The fourth-order valence-electron chi connectivity index (χ4n) is 1.11. The minimum atomic E-state index is -3.14. The number of hydrogen-bond acceptors (Lipinski definition) is 3. The van der Waals surface area contributed by atoms with Crippen LogP contribution in [0.3, 0.4) is 0 Å². The lowest BCUT2D eigenvalue weighted by Gasteiger charge is -2.10. The first-order chi connectivity index (χ1) is 6.50. The van der Waals surface area contributed by atoms with E-state index >= 15 is 0 Å². The molecule has 2 nitrogen and oxygen atoms in total. The third-order valence-electron chi connectivity index (χ3n) is 2.00. The van der Waals surface area contributed by atoms with Gasteiger partial charge in [-0.1, -0.05) is 12.1 Å². The normalized spacial score (nSPS) is 12.0. The Kier molecular flexibility index (Phi) is 3.61. The second-order valence-electron chi connectivity index (χ2n) is 3.24. The van der Waals surface area contributed by atoms with Crippen molar-refractivity contribution in [2.24, 2.45) is 0 Å². The molecule has 0 aromatic heterocycles. The number of hydrogen-bond donors (Lipinski definition) is 0. The molecule has 0 fully saturated rings. The summed E-state index contributed by atoms with van der Waals surface area (Å²) in [7, 11) is -3.14. The minimum absolute atomic E-state index is 0.365. The van der Waals surface area contributed by atoms with Gasteiger partial charge in [0.1, 0.15) is 0 Å². The summed E-state index contributed by atoms with van der Waals surface area (Å²) in [6.07, 6.45) is 1.88. The van der Waals surface area contributed by atoms with Crippen LogP contribution in [-0.2, 0) is 9.84 Å². The predicted molar refractivity (Wildman–Crippen MR) is 60.5 cm³/mol. The molecule has 0 aliphatic heterocycles. The first-order valence-electron chi connectivity index (χ1n) is 4.37. The Balaban J connectivity index is 3.32. The van der Waals surface area contributed by atoms with Crippen molar-refractivity contribution in [1.82, 2.24) is 0 Å². The van der Waals surface area contributed by atoms with Crippen LogP contribution in [0, 0.1) is 0 Å². The van der Waals surface area contributed by atoms with Gasteiger partial charge in [0.05, 0.1) is 10.1 Å². The SMILES string of the molecule is CSc1ccccc1S(=O)(=O)C(C)C. The molecule has 0 spiro atoms. The Bertz CT molecular complexity index is 408. The number of thioether (sulfide) groups is 1. The second kappa shape index (κ2) is 4.36. The van der Waals surface area contributed by atoms with Crippen molar-refractivity contribution in [3.05, 3.63) is 24.3 Å². The standard InChI is InChI=1S/C10H14O2S2/c1-8(2)14(11,12)10-7-5-4-6-9(10)13-3/h4-8H,1-3H3. The molecule has 0 aliphatic carbocycles. The van der Waals surface area contributed by atoms with Crippen LogP contribution in [0.2, 0.25) is 0 Å². The monoisotopic (exact) mass is 230 g/mol. The van der Waals surface area contributed by atoms with Gasteiger partial charge in [-0.25, -0.2) is 8.42 Å². The Morgan fingerprint density at radius 3 is 2.29 bits per heavy atom. The molecule has 1 aromatic rings. The van der Waals surface area contributed by atoms with E-state index in [1.54, 1.807) is 26.0 Å². The lowest BCUT2D eigenvalue weighted by Crippen LogP contribution is -2.14. The van der Waals surface area contributed by atoms with Crippen LogP contribution in [-0.4, -0.2) is 19.9 Å². The summed E-state index contributed by atoms with van der Waals surface area (Å²) in [5, 5.41) is -0.365. The largest absolute Gasteiger partial charge is 0.223 e. The van der Waals surface area contributed by atoms with E-state index in [9.17, 15) is 8.42 Å². The summed E-state index contributed by atoms with van der Waals surface area (Å²) in [6.45, 7) is 3.40.